The molecule has 1 aromatic rings. The second-order valence-electron chi connectivity index (χ2n) is 2.17. The van der Waals surface area contributed by atoms with Crippen molar-refractivity contribution in [2.75, 3.05) is 0 Å². The summed E-state index contributed by atoms with van der Waals surface area (Å²) in [7, 11) is 0. The normalized spacial score (nSPS) is 11.6. The molecular weight excluding hydrogens is 206 g/mol. The SMILES string of the molecule is C/C(=N\O)c1ccccc1Br. The first-order chi connectivity index (χ1) is 5.25. The van der Waals surface area contributed by atoms with E-state index in [-0.39, 0.29) is 0 Å². The van der Waals surface area contributed by atoms with Gasteiger partial charge in [-0.15, -0.1) is 0 Å². The Kier molecular flexibility index (Phi) is 2.65. The van der Waals surface area contributed by atoms with E-state index in [4.69, 9.17) is 5.21 Å². The predicted molar refractivity (Wildman–Crippen MR) is 48.1 cm³/mol. The summed E-state index contributed by atoms with van der Waals surface area (Å²) in [5.74, 6) is 0. The lowest BCUT2D eigenvalue weighted by Crippen LogP contribution is -1.94. The Bertz CT molecular complexity index is 283. The quantitative estimate of drug-likeness (QED) is 0.435. The Hall–Kier alpha value is -0.830. The summed E-state index contributed by atoms with van der Waals surface area (Å²) in [6.45, 7) is 1.75. The molecule has 3 heteroatoms. The maximum atomic E-state index is 8.48. The fourth-order valence-electron chi connectivity index (χ4n) is 0.808. The number of nitrogens with zero attached hydrogens (tertiary/aromatic N) is 1. The molecule has 0 bridgehead atoms. The van der Waals surface area contributed by atoms with Gasteiger partial charge in [0.15, 0.2) is 0 Å². The number of hydrogen-bond donors (Lipinski definition) is 1. The van der Waals surface area contributed by atoms with Crippen LogP contribution in [0, 0.1) is 0 Å². The molecule has 0 saturated carbocycles. The maximum absolute atomic E-state index is 8.48. The molecular formula is C8H8BrNO. The van der Waals surface area contributed by atoms with Crippen LogP contribution in [0.5, 0.6) is 0 Å². The van der Waals surface area contributed by atoms with Gasteiger partial charge in [-0.1, -0.05) is 39.3 Å². The summed E-state index contributed by atoms with van der Waals surface area (Å²) in [5.41, 5.74) is 1.52. The third-order valence-corrected chi connectivity index (χ3v) is 2.11. The van der Waals surface area contributed by atoms with E-state index in [0.717, 1.165) is 10.0 Å². The van der Waals surface area contributed by atoms with E-state index in [9.17, 15) is 0 Å². The van der Waals surface area contributed by atoms with Crippen molar-refractivity contribution in [2.24, 2.45) is 5.16 Å². The summed E-state index contributed by atoms with van der Waals surface area (Å²) < 4.78 is 0.940. The van der Waals surface area contributed by atoms with Gasteiger partial charge in [0, 0.05) is 10.0 Å². The minimum absolute atomic E-state index is 0.609. The van der Waals surface area contributed by atoms with E-state index in [1.165, 1.54) is 0 Å². The largest absolute Gasteiger partial charge is 0.411 e. The Morgan fingerprint density at radius 2 is 2.09 bits per heavy atom. The van der Waals surface area contributed by atoms with Crippen LogP contribution in [0.1, 0.15) is 12.5 Å². The average molecular weight is 214 g/mol. The van der Waals surface area contributed by atoms with Gasteiger partial charge in [-0.2, -0.15) is 0 Å². The van der Waals surface area contributed by atoms with Crippen molar-refractivity contribution in [3.05, 3.63) is 34.3 Å². The number of benzene rings is 1. The topological polar surface area (TPSA) is 32.6 Å². The molecule has 0 amide bonds. The Labute approximate surface area is 73.7 Å². The van der Waals surface area contributed by atoms with Crippen LogP contribution in [0.2, 0.25) is 0 Å². The molecule has 11 heavy (non-hydrogen) atoms. The molecule has 0 aliphatic carbocycles. The molecule has 0 unspecified atom stereocenters. The van der Waals surface area contributed by atoms with Crippen LogP contribution >= 0.6 is 15.9 Å². The van der Waals surface area contributed by atoms with Gasteiger partial charge in [0.05, 0.1) is 5.71 Å². The first-order valence-corrected chi connectivity index (χ1v) is 3.98. The molecule has 0 radical (unpaired) electrons. The smallest absolute Gasteiger partial charge is 0.0848 e. The monoisotopic (exact) mass is 213 g/mol. The van der Waals surface area contributed by atoms with Gasteiger partial charge in [0.2, 0.25) is 0 Å². The molecule has 0 aliphatic heterocycles. The van der Waals surface area contributed by atoms with E-state index in [0.29, 0.717) is 5.71 Å². The van der Waals surface area contributed by atoms with Crippen LogP contribution in [-0.2, 0) is 0 Å². The summed E-state index contributed by atoms with van der Waals surface area (Å²) in [6, 6.07) is 7.61. The second kappa shape index (κ2) is 3.53. The third-order valence-electron chi connectivity index (χ3n) is 1.41. The van der Waals surface area contributed by atoms with Gasteiger partial charge in [-0.25, -0.2) is 0 Å². The number of rotatable bonds is 1. The standard InChI is InChI=1S/C8H8BrNO/c1-6(10-11)7-4-2-3-5-8(7)9/h2-5,11H,1H3/b10-6+. The first kappa shape index (κ1) is 8.27. The first-order valence-electron chi connectivity index (χ1n) is 3.19. The van der Waals surface area contributed by atoms with E-state index in [1.54, 1.807) is 6.92 Å². The van der Waals surface area contributed by atoms with Gasteiger partial charge >= 0.3 is 0 Å². The number of halogens is 1. The minimum atomic E-state index is 0.609. The van der Waals surface area contributed by atoms with Crippen LogP contribution < -0.4 is 0 Å². The zero-order chi connectivity index (χ0) is 8.27. The molecule has 0 fully saturated rings. The third kappa shape index (κ3) is 1.80. The molecule has 0 heterocycles. The molecule has 0 spiro atoms. The van der Waals surface area contributed by atoms with Gasteiger partial charge in [0.25, 0.3) is 0 Å². The summed E-state index contributed by atoms with van der Waals surface area (Å²) in [5, 5.41) is 11.6. The molecule has 0 aliphatic rings. The Morgan fingerprint density at radius 3 is 2.64 bits per heavy atom. The highest BCUT2D eigenvalue weighted by Gasteiger charge is 2.00. The lowest BCUT2D eigenvalue weighted by atomic mass is 10.1. The average Bonchev–Trinajstić information content (AvgIpc) is 2.04. The van der Waals surface area contributed by atoms with Crippen molar-refractivity contribution in [1.82, 2.24) is 0 Å². The van der Waals surface area contributed by atoms with E-state index < -0.39 is 0 Å². The lowest BCUT2D eigenvalue weighted by molar-refractivity contribution is 0.319. The highest BCUT2D eigenvalue weighted by atomic mass is 79.9. The molecule has 0 aromatic heterocycles. The maximum Gasteiger partial charge on any atom is 0.0848 e. The molecule has 1 aromatic carbocycles. The molecule has 0 saturated heterocycles. The van der Waals surface area contributed by atoms with Crippen molar-refractivity contribution in [1.29, 1.82) is 0 Å². The van der Waals surface area contributed by atoms with Gasteiger partial charge in [-0.05, 0) is 13.0 Å². The molecule has 0 atom stereocenters. The summed E-state index contributed by atoms with van der Waals surface area (Å²) in [6.07, 6.45) is 0. The van der Waals surface area contributed by atoms with Crippen molar-refractivity contribution in [3.8, 4) is 0 Å². The lowest BCUT2D eigenvalue weighted by Gasteiger charge is -1.99. The highest BCUT2D eigenvalue weighted by molar-refractivity contribution is 9.10. The van der Waals surface area contributed by atoms with Crippen LogP contribution in [0.25, 0.3) is 0 Å². The Balaban J connectivity index is 3.14. The van der Waals surface area contributed by atoms with Crippen molar-refractivity contribution in [2.45, 2.75) is 6.92 Å². The summed E-state index contributed by atoms with van der Waals surface area (Å²) >= 11 is 3.35. The van der Waals surface area contributed by atoms with Crippen LogP contribution in [0.15, 0.2) is 33.9 Å². The van der Waals surface area contributed by atoms with Gasteiger partial charge in [0.1, 0.15) is 0 Å². The summed E-state index contributed by atoms with van der Waals surface area (Å²) in [4.78, 5) is 0. The predicted octanol–water partition coefficient (Wildman–Crippen LogP) is 2.65. The molecule has 2 nitrogen and oxygen atoms in total. The van der Waals surface area contributed by atoms with Gasteiger partial charge < -0.3 is 5.21 Å². The highest BCUT2D eigenvalue weighted by Crippen LogP contribution is 2.16. The van der Waals surface area contributed by atoms with E-state index in [1.807, 2.05) is 24.3 Å². The van der Waals surface area contributed by atoms with Crippen LogP contribution in [-0.4, -0.2) is 10.9 Å². The Morgan fingerprint density at radius 1 is 1.45 bits per heavy atom. The fraction of sp³-hybridized carbons (Fsp3) is 0.125. The van der Waals surface area contributed by atoms with Crippen molar-refractivity contribution >= 4 is 21.6 Å². The minimum Gasteiger partial charge on any atom is -0.411 e. The zero-order valence-corrected chi connectivity index (χ0v) is 7.67. The van der Waals surface area contributed by atoms with Crippen LogP contribution in [0.3, 0.4) is 0 Å². The zero-order valence-electron chi connectivity index (χ0n) is 6.08. The number of oxime groups is 1. The van der Waals surface area contributed by atoms with Crippen molar-refractivity contribution < 1.29 is 5.21 Å². The fourth-order valence-corrected chi connectivity index (χ4v) is 1.38. The van der Waals surface area contributed by atoms with Crippen LogP contribution in [0.4, 0.5) is 0 Å². The van der Waals surface area contributed by atoms with E-state index >= 15 is 0 Å². The molecule has 58 valence electrons. The molecule has 1 N–H and O–H groups in total. The second-order valence-corrected chi connectivity index (χ2v) is 3.02. The van der Waals surface area contributed by atoms with Crippen molar-refractivity contribution in [3.63, 3.8) is 0 Å². The van der Waals surface area contributed by atoms with Gasteiger partial charge in [-0.3, -0.25) is 0 Å². The molecule has 1 rings (SSSR count). The number of hydrogen-bond acceptors (Lipinski definition) is 2. The van der Waals surface area contributed by atoms with E-state index in [2.05, 4.69) is 21.1 Å².